The summed E-state index contributed by atoms with van der Waals surface area (Å²) in [6.45, 7) is 5.47. The first-order chi connectivity index (χ1) is 10.9. The molecule has 122 valence electrons. The van der Waals surface area contributed by atoms with E-state index in [0.29, 0.717) is 0 Å². The molecule has 0 saturated carbocycles. The molecular weight excluding hydrogens is 292 g/mol. The van der Waals surface area contributed by atoms with Crippen molar-refractivity contribution in [2.24, 2.45) is 0 Å². The van der Waals surface area contributed by atoms with Gasteiger partial charge in [-0.3, -0.25) is 0 Å². The quantitative estimate of drug-likeness (QED) is 0.692. The van der Waals surface area contributed by atoms with Gasteiger partial charge in [-0.1, -0.05) is 36.5 Å². The molecule has 3 rings (SSSR count). The molecule has 0 aromatic rings. The average molecular weight is 314 g/mol. The highest BCUT2D eigenvalue weighted by molar-refractivity contribution is 5.74. The van der Waals surface area contributed by atoms with Crippen molar-refractivity contribution in [2.75, 3.05) is 0 Å². The predicted molar refractivity (Wildman–Crippen MR) is 87.4 cm³/mol. The van der Waals surface area contributed by atoms with Crippen LogP contribution in [-0.2, 0) is 19.0 Å². The standard InChI is InChI=1S/C19H22O4/c1-19(2,3)23-17(20)18-21-12-13-8-4-5-9-14(13)15-10-6-7-11-16(15)22-18/h4,6-8,10-12,16,18H,5,9H2,1-3H3/b13-12?,15-14-. The number of esters is 1. The maximum absolute atomic E-state index is 12.3. The molecule has 0 fully saturated rings. The molecule has 0 aromatic heterocycles. The second kappa shape index (κ2) is 6.20. The fraction of sp³-hybridized carbons (Fsp3) is 0.421. The summed E-state index contributed by atoms with van der Waals surface area (Å²) in [6, 6.07) is 0. The van der Waals surface area contributed by atoms with E-state index in [-0.39, 0.29) is 6.10 Å². The Morgan fingerprint density at radius 2 is 2.09 bits per heavy atom. The van der Waals surface area contributed by atoms with Crippen molar-refractivity contribution in [3.8, 4) is 0 Å². The molecule has 2 unspecified atom stereocenters. The molecule has 0 spiro atoms. The van der Waals surface area contributed by atoms with E-state index in [4.69, 9.17) is 14.2 Å². The molecule has 0 amide bonds. The van der Waals surface area contributed by atoms with E-state index >= 15 is 0 Å². The Labute approximate surface area is 136 Å². The molecule has 0 aromatic carbocycles. The highest BCUT2D eigenvalue weighted by Gasteiger charge is 2.32. The Bertz CT molecular complexity index is 641. The molecule has 0 saturated heterocycles. The highest BCUT2D eigenvalue weighted by atomic mass is 16.7. The lowest BCUT2D eigenvalue weighted by Crippen LogP contribution is -2.38. The summed E-state index contributed by atoms with van der Waals surface area (Å²) in [5.74, 6) is -0.514. The SMILES string of the molecule is CC(C)(C)OC(=O)C1OC=C2C=CCC/C2=C2\C=CC=CC2O1. The molecule has 2 aliphatic carbocycles. The van der Waals surface area contributed by atoms with Crippen LogP contribution in [0.5, 0.6) is 0 Å². The van der Waals surface area contributed by atoms with Crippen molar-refractivity contribution in [3.63, 3.8) is 0 Å². The van der Waals surface area contributed by atoms with Crippen LogP contribution in [0.2, 0.25) is 0 Å². The lowest BCUT2D eigenvalue weighted by Gasteiger charge is -2.30. The van der Waals surface area contributed by atoms with Gasteiger partial charge in [-0.2, -0.15) is 0 Å². The van der Waals surface area contributed by atoms with Gasteiger partial charge in [0.15, 0.2) is 0 Å². The van der Waals surface area contributed by atoms with E-state index in [1.54, 1.807) is 6.26 Å². The van der Waals surface area contributed by atoms with Gasteiger partial charge in [-0.15, -0.1) is 0 Å². The van der Waals surface area contributed by atoms with E-state index in [0.717, 1.165) is 24.0 Å². The number of allylic oxidation sites excluding steroid dienone is 6. The Balaban J connectivity index is 1.91. The first-order valence-electron chi connectivity index (χ1n) is 7.93. The van der Waals surface area contributed by atoms with Crippen molar-refractivity contribution in [3.05, 3.63) is 59.4 Å². The van der Waals surface area contributed by atoms with Gasteiger partial charge in [0.05, 0.1) is 6.26 Å². The lowest BCUT2D eigenvalue weighted by atomic mass is 9.87. The lowest BCUT2D eigenvalue weighted by molar-refractivity contribution is -0.198. The third kappa shape index (κ3) is 3.64. The molecule has 0 bridgehead atoms. The molecule has 23 heavy (non-hydrogen) atoms. The minimum absolute atomic E-state index is 0.303. The van der Waals surface area contributed by atoms with Crippen molar-refractivity contribution in [1.82, 2.24) is 0 Å². The second-order valence-electron chi connectivity index (χ2n) is 6.75. The van der Waals surface area contributed by atoms with Crippen LogP contribution in [0.3, 0.4) is 0 Å². The van der Waals surface area contributed by atoms with Crippen LogP contribution >= 0.6 is 0 Å². The fourth-order valence-electron chi connectivity index (χ4n) is 2.78. The van der Waals surface area contributed by atoms with E-state index in [1.165, 1.54) is 5.57 Å². The van der Waals surface area contributed by atoms with Crippen LogP contribution in [0.4, 0.5) is 0 Å². The van der Waals surface area contributed by atoms with Gasteiger partial charge in [0.25, 0.3) is 6.29 Å². The topological polar surface area (TPSA) is 44.8 Å². The number of rotatable bonds is 1. The number of carbonyl (C=O) groups excluding carboxylic acids is 1. The first-order valence-corrected chi connectivity index (χ1v) is 7.93. The molecule has 0 radical (unpaired) electrons. The number of hydrogen-bond donors (Lipinski definition) is 0. The number of hydrogen-bond acceptors (Lipinski definition) is 4. The maximum atomic E-state index is 12.3. The normalized spacial score (nSPS) is 29.6. The molecule has 0 N–H and O–H groups in total. The molecule has 3 aliphatic rings. The zero-order valence-electron chi connectivity index (χ0n) is 13.7. The monoisotopic (exact) mass is 314 g/mol. The van der Waals surface area contributed by atoms with Gasteiger partial charge in [-0.05, 0) is 44.8 Å². The van der Waals surface area contributed by atoms with E-state index < -0.39 is 17.9 Å². The molecule has 4 nitrogen and oxygen atoms in total. The largest absolute Gasteiger partial charge is 0.461 e. The molecule has 4 heteroatoms. The summed E-state index contributed by atoms with van der Waals surface area (Å²) in [5, 5.41) is 0. The minimum atomic E-state index is -1.07. The van der Waals surface area contributed by atoms with E-state index in [9.17, 15) is 4.79 Å². The van der Waals surface area contributed by atoms with Crippen molar-refractivity contribution in [1.29, 1.82) is 0 Å². The van der Waals surface area contributed by atoms with Crippen LogP contribution < -0.4 is 0 Å². The first kappa shape index (κ1) is 15.8. The van der Waals surface area contributed by atoms with Gasteiger partial charge >= 0.3 is 5.97 Å². The van der Waals surface area contributed by atoms with Gasteiger partial charge < -0.3 is 14.2 Å². The summed E-state index contributed by atoms with van der Waals surface area (Å²) in [4.78, 5) is 12.3. The van der Waals surface area contributed by atoms with Crippen LogP contribution in [0.25, 0.3) is 0 Å². The van der Waals surface area contributed by atoms with Crippen molar-refractivity contribution < 1.29 is 19.0 Å². The summed E-state index contributed by atoms with van der Waals surface area (Å²) in [5.41, 5.74) is 2.70. The fourth-order valence-corrected chi connectivity index (χ4v) is 2.78. The van der Waals surface area contributed by atoms with E-state index in [1.807, 2.05) is 51.2 Å². The molecule has 1 heterocycles. The van der Waals surface area contributed by atoms with Crippen molar-refractivity contribution in [2.45, 2.75) is 51.6 Å². The number of fused-ring (bicyclic) bond motifs is 2. The van der Waals surface area contributed by atoms with E-state index in [2.05, 4.69) is 6.08 Å². The van der Waals surface area contributed by atoms with Crippen LogP contribution in [0.15, 0.2) is 59.4 Å². The summed E-state index contributed by atoms with van der Waals surface area (Å²) in [7, 11) is 0. The third-order valence-electron chi connectivity index (χ3n) is 3.72. The summed E-state index contributed by atoms with van der Waals surface area (Å²) in [6.07, 6.45) is 14.2. The van der Waals surface area contributed by atoms with Crippen LogP contribution in [0.1, 0.15) is 33.6 Å². The minimum Gasteiger partial charge on any atom is -0.461 e. The third-order valence-corrected chi connectivity index (χ3v) is 3.72. The van der Waals surface area contributed by atoms with Gasteiger partial charge in [0, 0.05) is 5.57 Å². The summed E-state index contributed by atoms with van der Waals surface area (Å²) >= 11 is 0. The smallest absolute Gasteiger partial charge is 0.376 e. The Morgan fingerprint density at radius 3 is 2.87 bits per heavy atom. The van der Waals surface area contributed by atoms with Crippen LogP contribution in [-0.4, -0.2) is 24.0 Å². The van der Waals surface area contributed by atoms with Gasteiger partial charge in [0.2, 0.25) is 0 Å². The van der Waals surface area contributed by atoms with Gasteiger partial charge in [0.1, 0.15) is 11.7 Å². The Hall–Kier alpha value is -2.07. The average Bonchev–Trinajstić information content (AvgIpc) is 2.48. The Kier molecular flexibility index (Phi) is 4.26. The summed E-state index contributed by atoms with van der Waals surface area (Å²) < 4.78 is 16.9. The number of ether oxygens (including phenoxy) is 3. The highest BCUT2D eigenvalue weighted by Crippen LogP contribution is 2.33. The molecule has 1 aliphatic heterocycles. The molecular formula is C19H22O4. The number of carbonyl (C=O) groups is 1. The predicted octanol–water partition coefficient (Wildman–Crippen LogP) is 3.73. The zero-order valence-corrected chi connectivity index (χ0v) is 13.7. The van der Waals surface area contributed by atoms with Crippen molar-refractivity contribution >= 4 is 5.97 Å². The van der Waals surface area contributed by atoms with Crippen LogP contribution in [0, 0.1) is 0 Å². The van der Waals surface area contributed by atoms with Gasteiger partial charge in [-0.25, -0.2) is 4.79 Å². The molecule has 2 atom stereocenters. The Morgan fingerprint density at radius 1 is 1.26 bits per heavy atom. The second-order valence-corrected chi connectivity index (χ2v) is 6.75. The zero-order chi connectivity index (χ0) is 16.4. The maximum Gasteiger partial charge on any atom is 0.376 e.